The number of hydrogen-bond donors (Lipinski definition) is 1. The van der Waals surface area contributed by atoms with E-state index in [4.69, 9.17) is 11.6 Å². The summed E-state index contributed by atoms with van der Waals surface area (Å²) in [6.45, 7) is 1.91. The number of pyridine rings is 1. The maximum atomic E-state index is 12.1. The van der Waals surface area contributed by atoms with E-state index < -0.39 is 0 Å². The molecule has 1 amide bonds. The van der Waals surface area contributed by atoms with Gasteiger partial charge in [0.1, 0.15) is 0 Å². The summed E-state index contributed by atoms with van der Waals surface area (Å²) in [5.41, 5.74) is 2.47. The summed E-state index contributed by atoms with van der Waals surface area (Å²) in [4.78, 5) is 17.1. The third kappa shape index (κ3) is 3.96. The molecule has 0 bridgehead atoms. The molecule has 0 unspecified atom stereocenters. The smallest absolute Gasteiger partial charge is 0.234 e. The van der Waals surface area contributed by atoms with Crippen LogP contribution >= 0.6 is 23.4 Å². The first kappa shape index (κ1) is 16.5. The zero-order valence-electron chi connectivity index (χ0n) is 12.9. The van der Waals surface area contributed by atoms with Crippen LogP contribution in [-0.2, 0) is 4.79 Å². The van der Waals surface area contributed by atoms with Crippen LogP contribution in [0.4, 0.5) is 5.69 Å². The molecule has 0 atom stereocenters. The fourth-order valence-corrected chi connectivity index (χ4v) is 2.97. The fraction of sp³-hybridized carbons (Fsp3) is 0.118. The van der Waals surface area contributed by atoms with Gasteiger partial charge in [0, 0.05) is 22.3 Å². The highest BCUT2D eigenvalue weighted by Crippen LogP contribution is 2.22. The van der Waals surface area contributed by atoms with Crippen molar-refractivity contribution in [2.75, 3.05) is 11.1 Å². The topological polar surface area (TPSA) is 59.8 Å². The van der Waals surface area contributed by atoms with Crippen molar-refractivity contribution < 1.29 is 4.79 Å². The lowest BCUT2D eigenvalue weighted by molar-refractivity contribution is -0.113. The number of carbonyl (C=O) groups excluding carboxylic acids is 1. The Labute approximate surface area is 149 Å². The monoisotopic (exact) mass is 358 g/mol. The second-order valence-electron chi connectivity index (χ2n) is 5.05. The van der Waals surface area contributed by atoms with Gasteiger partial charge in [-0.05, 0) is 43.3 Å². The van der Waals surface area contributed by atoms with Crippen LogP contribution in [-0.4, -0.2) is 26.4 Å². The molecule has 0 aliphatic carbocycles. The zero-order valence-corrected chi connectivity index (χ0v) is 14.5. The van der Waals surface area contributed by atoms with Gasteiger partial charge in [0.25, 0.3) is 0 Å². The van der Waals surface area contributed by atoms with Crippen LogP contribution < -0.4 is 5.32 Å². The number of hydrogen-bond acceptors (Lipinski definition) is 4. The van der Waals surface area contributed by atoms with Crippen LogP contribution in [0.15, 0.2) is 59.9 Å². The highest BCUT2D eigenvalue weighted by Gasteiger charge is 2.11. The minimum absolute atomic E-state index is 0.0765. The highest BCUT2D eigenvalue weighted by molar-refractivity contribution is 8.00. The van der Waals surface area contributed by atoms with Gasteiger partial charge in [0.15, 0.2) is 0 Å². The van der Waals surface area contributed by atoms with E-state index in [0.29, 0.717) is 16.5 Å². The van der Waals surface area contributed by atoms with Crippen LogP contribution in [0.1, 0.15) is 5.69 Å². The molecule has 0 aliphatic heterocycles. The van der Waals surface area contributed by atoms with E-state index in [2.05, 4.69) is 15.4 Å². The van der Waals surface area contributed by atoms with Crippen molar-refractivity contribution in [3.8, 4) is 5.69 Å². The van der Waals surface area contributed by atoms with Crippen LogP contribution in [0.3, 0.4) is 0 Å². The summed E-state index contributed by atoms with van der Waals surface area (Å²) in [7, 11) is 0. The van der Waals surface area contributed by atoms with Crippen molar-refractivity contribution in [2.45, 2.75) is 11.8 Å². The van der Waals surface area contributed by atoms with Gasteiger partial charge in [0.2, 0.25) is 5.91 Å². The summed E-state index contributed by atoms with van der Waals surface area (Å²) >= 11 is 7.31. The van der Waals surface area contributed by atoms with E-state index in [-0.39, 0.29) is 5.91 Å². The molecule has 0 spiro atoms. The van der Waals surface area contributed by atoms with Crippen molar-refractivity contribution >= 4 is 35.0 Å². The van der Waals surface area contributed by atoms with Crippen LogP contribution in [0, 0.1) is 6.92 Å². The highest BCUT2D eigenvalue weighted by atomic mass is 35.5. The van der Waals surface area contributed by atoms with Gasteiger partial charge in [-0.3, -0.25) is 9.78 Å². The van der Waals surface area contributed by atoms with Gasteiger partial charge < -0.3 is 5.32 Å². The summed E-state index contributed by atoms with van der Waals surface area (Å²) in [6, 6.07) is 11.1. The molecule has 5 nitrogen and oxygen atoms in total. The SMILES string of the molecule is Cc1c(NC(=O)CSc2ccc(Cl)cc2)cnn1-c1ccncc1. The van der Waals surface area contributed by atoms with E-state index in [1.54, 1.807) is 23.3 Å². The molecule has 1 aromatic carbocycles. The van der Waals surface area contributed by atoms with Gasteiger partial charge in [-0.1, -0.05) is 11.6 Å². The standard InChI is InChI=1S/C17H15ClN4OS/c1-12-16(10-20-22(12)14-6-8-19-9-7-14)21-17(23)11-24-15-4-2-13(18)3-5-15/h2-10H,11H2,1H3,(H,21,23). The maximum absolute atomic E-state index is 12.1. The third-order valence-corrected chi connectivity index (χ3v) is 4.64. The predicted octanol–water partition coefficient (Wildman–Crippen LogP) is 3.96. The Morgan fingerprint density at radius 2 is 1.92 bits per heavy atom. The molecule has 24 heavy (non-hydrogen) atoms. The number of rotatable bonds is 5. The molecule has 2 aromatic heterocycles. The molecule has 122 valence electrons. The molecule has 0 saturated heterocycles. The second-order valence-corrected chi connectivity index (χ2v) is 6.54. The van der Waals surface area contributed by atoms with E-state index in [1.165, 1.54) is 11.8 Å². The summed E-state index contributed by atoms with van der Waals surface area (Å²) in [5, 5.41) is 7.90. The van der Waals surface area contributed by atoms with Crippen molar-refractivity contribution in [3.05, 3.63) is 65.7 Å². The molecule has 7 heteroatoms. The molecular weight excluding hydrogens is 344 g/mol. The Balaban J connectivity index is 1.63. The Morgan fingerprint density at radius 1 is 1.21 bits per heavy atom. The van der Waals surface area contributed by atoms with Gasteiger partial charge >= 0.3 is 0 Å². The van der Waals surface area contributed by atoms with Crippen molar-refractivity contribution in [1.82, 2.24) is 14.8 Å². The summed E-state index contributed by atoms with van der Waals surface area (Å²) < 4.78 is 1.77. The Morgan fingerprint density at radius 3 is 2.62 bits per heavy atom. The Hall–Kier alpha value is -2.31. The minimum Gasteiger partial charge on any atom is -0.322 e. The van der Waals surface area contributed by atoms with Gasteiger partial charge in [-0.15, -0.1) is 11.8 Å². The molecule has 2 heterocycles. The molecule has 3 aromatic rings. The van der Waals surface area contributed by atoms with E-state index in [9.17, 15) is 4.79 Å². The summed E-state index contributed by atoms with van der Waals surface area (Å²) in [6.07, 6.45) is 5.07. The molecule has 0 saturated carbocycles. The number of anilines is 1. The number of nitrogens with one attached hydrogen (secondary N) is 1. The molecule has 3 rings (SSSR count). The number of benzene rings is 1. The van der Waals surface area contributed by atoms with Gasteiger partial charge in [-0.2, -0.15) is 5.10 Å². The molecular formula is C17H15ClN4OS. The van der Waals surface area contributed by atoms with E-state index >= 15 is 0 Å². The number of carbonyl (C=O) groups is 1. The first-order valence-electron chi connectivity index (χ1n) is 7.27. The van der Waals surface area contributed by atoms with Crippen LogP contribution in [0.5, 0.6) is 0 Å². The van der Waals surface area contributed by atoms with Crippen molar-refractivity contribution in [3.63, 3.8) is 0 Å². The Kier molecular flexibility index (Phi) is 5.17. The zero-order chi connectivity index (χ0) is 16.9. The lowest BCUT2D eigenvalue weighted by atomic mass is 10.3. The van der Waals surface area contributed by atoms with Gasteiger partial charge in [-0.25, -0.2) is 4.68 Å². The number of aromatic nitrogens is 3. The quantitative estimate of drug-likeness (QED) is 0.701. The predicted molar refractivity (Wildman–Crippen MR) is 96.9 cm³/mol. The fourth-order valence-electron chi connectivity index (χ4n) is 2.14. The van der Waals surface area contributed by atoms with E-state index in [1.807, 2.05) is 43.3 Å². The summed E-state index contributed by atoms with van der Waals surface area (Å²) in [5.74, 6) is 0.244. The largest absolute Gasteiger partial charge is 0.322 e. The number of nitrogens with zero attached hydrogens (tertiary/aromatic N) is 3. The average Bonchev–Trinajstić information content (AvgIpc) is 2.96. The lowest BCUT2D eigenvalue weighted by Crippen LogP contribution is -2.14. The number of halogens is 1. The van der Waals surface area contributed by atoms with E-state index in [0.717, 1.165) is 16.3 Å². The Bertz CT molecular complexity index is 834. The van der Waals surface area contributed by atoms with Crippen LogP contribution in [0.2, 0.25) is 5.02 Å². The van der Waals surface area contributed by atoms with Crippen molar-refractivity contribution in [1.29, 1.82) is 0 Å². The number of amides is 1. The normalized spacial score (nSPS) is 10.6. The van der Waals surface area contributed by atoms with Crippen LogP contribution in [0.25, 0.3) is 5.69 Å². The average molecular weight is 359 g/mol. The molecule has 1 N–H and O–H groups in total. The van der Waals surface area contributed by atoms with Crippen molar-refractivity contribution in [2.24, 2.45) is 0 Å². The number of thioether (sulfide) groups is 1. The third-order valence-electron chi connectivity index (χ3n) is 3.37. The molecule has 0 aliphatic rings. The van der Waals surface area contributed by atoms with Gasteiger partial charge in [0.05, 0.1) is 29.0 Å². The lowest BCUT2D eigenvalue weighted by Gasteiger charge is -2.06. The first-order chi connectivity index (χ1) is 11.6. The molecule has 0 radical (unpaired) electrons. The first-order valence-corrected chi connectivity index (χ1v) is 8.63. The molecule has 0 fully saturated rings. The second kappa shape index (κ2) is 7.51. The maximum Gasteiger partial charge on any atom is 0.234 e. The minimum atomic E-state index is -0.0765.